The predicted octanol–water partition coefficient (Wildman–Crippen LogP) is 1.84. The SMILES string of the molecule is Cn1cc(CN2CCN(c3ccccc3C#N)CC2)cc1C(=O)N1CCN(c2nnccc2C#N)CC1. The van der Waals surface area contributed by atoms with E-state index in [-0.39, 0.29) is 5.91 Å². The molecule has 0 radical (unpaired) electrons. The van der Waals surface area contributed by atoms with Gasteiger partial charge in [0.1, 0.15) is 17.8 Å². The van der Waals surface area contributed by atoms with Gasteiger partial charge in [-0.15, -0.1) is 5.10 Å². The molecule has 0 atom stereocenters. The van der Waals surface area contributed by atoms with Crippen LogP contribution in [0, 0.1) is 22.7 Å². The van der Waals surface area contributed by atoms with Gasteiger partial charge in [-0.25, -0.2) is 0 Å². The zero-order chi connectivity index (χ0) is 25.8. The van der Waals surface area contributed by atoms with E-state index >= 15 is 0 Å². The molecule has 3 aromatic rings. The van der Waals surface area contributed by atoms with E-state index in [9.17, 15) is 15.3 Å². The third-order valence-electron chi connectivity index (χ3n) is 7.11. The molecule has 2 aliphatic heterocycles. The van der Waals surface area contributed by atoms with E-state index in [1.165, 1.54) is 6.20 Å². The second-order valence-corrected chi connectivity index (χ2v) is 9.40. The van der Waals surface area contributed by atoms with Crippen molar-refractivity contribution in [3.05, 3.63) is 71.2 Å². The first-order valence-electron chi connectivity index (χ1n) is 12.4. The highest BCUT2D eigenvalue weighted by Gasteiger charge is 2.27. The number of amides is 1. The largest absolute Gasteiger partial charge is 0.368 e. The van der Waals surface area contributed by atoms with Gasteiger partial charge in [-0.1, -0.05) is 12.1 Å². The molecular formula is C27H29N9O. The third kappa shape index (κ3) is 5.11. The molecule has 10 nitrogen and oxygen atoms in total. The number of aryl methyl sites for hydroxylation is 1. The topological polar surface area (TPSA) is 108 Å². The summed E-state index contributed by atoms with van der Waals surface area (Å²) in [6.07, 6.45) is 3.56. The molecule has 1 amide bonds. The zero-order valence-electron chi connectivity index (χ0n) is 20.9. The molecular weight excluding hydrogens is 466 g/mol. The number of aromatic nitrogens is 3. The van der Waals surface area contributed by atoms with Crippen LogP contribution in [0.15, 0.2) is 48.8 Å². The monoisotopic (exact) mass is 495 g/mol. The van der Waals surface area contributed by atoms with Crippen LogP contribution in [-0.4, -0.2) is 82.8 Å². The predicted molar refractivity (Wildman–Crippen MR) is 139 cm³/mol. The van der Waals surface area contributed by atoms with Gasteiger partial charge in [0.05, 0.1) is 23.0 Å². The van der Waals surface area contributed by atoms with Crippen molar-refractivity contribution in [2.24, 2.45) is 7.05 Å². The number of nitriles is 2. The van der Waals surface area contributed by atoms with Crippen LogP contribution in [0.5, 0.6) is 0 Å². The molecule has 0 spiro atoms. The van der Waals surface area contributed by atoms with Gasteiger partial charge < -0.3 is 19.3 Å². The lowest BCUT2D eigenvalue weighted by atomic mass is 10.1. The summed E-state index contributed by atoms with van der Waals surface area (Å²) in [6, 6.07) is 15.9. The number of rotatable bonds is 5. The number of carbonyl (C=O) groups is 1. The minimum absolute atomic E-state index is 0.0194. The average molecular weight is 496 g/mol. The standard InChI is InChI=1S/C27H29N9O/c1-32-19-21(20-33-8-10-34(11-9-33)24-5-3-2-4-22(24)17-28)16-25(32)27(37)36-14-12-35(13-15-36)26-23(18-29)6-7-30-31-26/h2-7,16,19H,8-15,20H2,1H3. The molecule has 2 aromatic heterocycles. The number of hydrogen-bond donors (Lipinski definition) is 0. The number of nitrogens with zero attached hydrogens (tertiary/aromatic N) is 9. The minimum Gasteiger partial charge on any atom is -0.368 e. The van der Waals surface area contributed by atoms with E-state index in [0.717, 1.165) is 44.0 Å². The lowest BCUT2D eigenvalue weighted by Gasteiger charge is -2.36. The second-order valence-electron chi connectivity index (χ2n) is 9.40. The van der Waals surface area contributed by atoms with Crippen LogP contribution < -0.4 is 9.80 Å². The fraction of sp³-hybridized carbons (Fsp3) is 0.370. The van der Waals surface area contributed by atoms with Crippen molar-refractivity contribution in [3.8, 4) is 12.1 Å². The Balaban J connectivity index is 1.17. The molecule has 0 unspecified atom stereocenters. The van der Waals surface area contributed by atoms with Gasteiger partial charge in [-0.2, -0.15) is 15.6 Å². The van der Waals surface area contributed by atoms with Crippen LogP contribution in [0.25, 0.3) is 0 Å². The van der Waals surface area contributed by atoms with Crippen molar-refractivity contribution in [1.29, 1.82) is 10.5 Å². The van der Waals surface area contributed by atoms with Gasteiger partial charge in [0, 0.05) is 72.1 Å². The second kappa shape index (κ2) is 10.7. The number of hydrogen-bond acceptors (Lipinski definition) is 8. The summed E-state index contributed by atoms with van der Waals surface area (Å²) in [6.45, 7) is 6.64. The summed E-state index contributed by atoms with van der Waals surface area (Å²) in [7, 11) is 1.92. The molecule has 0 N–H and O–H groups in total. The lowest BCUT2D eigenvalue weighted by molar-refractivity contribution is 0.0737. The van der Waals surface area contributed by atoms with Crippen LogP contribution in [0.1, 0.15) is 27.2 Å². The van der Waals surface area contributed by atoms with Crippen molar-refractivity contribution >= 4 is 17.4 Å². The summed E-state index contributed by atoms with van der Waals surface area (Å²) < 4.78 is 1.92. The Morgan fingerprint density at radius 2 is 1.62 bits per heavy atom. The Morgan fingerprint density at radius 3 is 2.35 bits per heavy atom. The maximum atomic E-state index is 13.3. The molecule has 2 aliphatic rings. The van der Waals surface area contributed by atoms with E-state index in [0.29, 0.717) is 48.8 Å². The lowest BCUT2D eigenvalue weighted by Crippen LogP contribution is -2.49. The molecule has 4 heterocycles. The summed E-state index contributed by atoms with van der Waals surface area (Å²) >= 11 is 0. The molecule has 2 saturated heterocycles. The number of para-hydroxylation sites is 1. The maximum Gasteiger partial charge on any atom is 0.270 e. The van der Waals surface area contributed by atoms with Gasteiger partial charge >= 0.3 is 0 Å². The minimum atomic E-state index is 0.0194. The number of carbonyl (C=O) groups excluding carboxylic acids is 1. The van der Waals surface area contributed by atoms with Gasteiger partial charge in [0.15, 0.2) is 5.82 Å². The van der Waals surface area contributed by atoms with Crippen molar-refractivity contribution in [2.45, 2.75) is 6.54 Å². The summed E-state index contributed by atoms with van der Waals surface area (Å²) in [5, 5.41) is 26.8. The molecule has 5 rings (SSSR count). The van der Waals surface area contributed by atoms with Crippen LogP contribution in [0.3, 0.4) is 0 Å². The van der Waals surface area contributed by atoms with Gasteiger partial charge in [0.2, 0.25) is 0 Å². The summed E-state index contributed by atoms with van der Waals surface area (Å²) in [5.41, 5.74) is 4.01. The van der Waals surface area contributed by atoms with E-state index in [1.54, 1.807) is 6.07 Å². The Hall–Kier alpha value is -4.41. The van der Waals surface area contributed by atoms with Crippen LogP contribution in [0.4, 0.5) is 11.5 Å². The molecule has 0 aliphatic carbocycles. The molecule has 188 valence electrons. The fourth-order valence-electron chi connectivity index (χ4n) is 5.11. The van der Waals surface area contributed by atoms with E-state index in [2.05, 4.69) is 32.1 Å². The highest BCUT2D eigenvalue weighted by molar-refractivity contribution is 5.93. The average Bonchev–Trinajstić information content (AvgIpc) is 3.32. The Morgan fingerprint density at radius 1 is 0.919 bits per heavy atom. The first kappa shape index (κ1) is 24.3. The van der Waals surface area contributed by atoms with Crippen molar-refractivity contribution in [2.75, 3.05) is 62.2 Å². The Kier molecular flexibility index (Phi) is 7.02. The van der Waals surface area contributed by atoms with Gasteiger partial charge in [-0.05, 0) is 29.8 Å². The van der Waals surface area contributed by atoms with Crippen molar-refractivity contribution in [3.63, 3.8) is 0 Å². The van der Waals surface area contributed by atoms with Gasteiger partial charge in [-0.3, -0.25) is 9.69 Å². The van der Waals surface area contributed by atoms with Crippen molar-refractivity contribution < 1.29 is 4.79 Å². The van der Waals surface area contributed by atoms with Gasteiger partial charge in [0.25, 0.3) is 5.91 Å². The first-order valence-corrected chi connectivity index (χ1v) is 12.4. The zero-order valence-corrected chi connectivity index (χ0v) is 20.9. The summed E-state index contributed by atoms with van der Waals surface area (Å²) in [5.74, 6) is 0.598. The molecule has 10 heteroatoms. The van der Waals surface area contributed by atoms with E-state index < -0.39 is 0 Å². The number of benzene rings is 1. The fourth-order valence-corrected chi connectivity index (χ4v) is 5.11. The summed E-state index contributed by atoms with van der Waals surface area (Å²) in [4.78, 5) is 21.9. The molecule has 1 aromatic carbocycles. The first-order chi connectivity index (χ1) is 18.1. The number of anilines is 2. The molecule has 37 heavy (non-hydrogen) atoms. The molecule has 2 fully saturated rings. The Labute approximate surface area is 216 Å². The van der Waals surface area contributed by atoms with Crippen molar-refractivity contribution in [1.82, 2.24) is 24.6 Å². The highest BCUT2D eigenvalue weighted by Crippen LogP contribution is 2.23. The Bertz CT molecular complexity index is 1350. The third-order valence-corrected chi connectivity index (χ3v) is 7.11. The van der Waals surface area contributed by atoms with Crippen LogP contribution in [0.2, 0.25) is 0 Å². The van der Waals surface area contributed by atoms with Crippen LogP contribution in [-0.2, 0) is 13.6 Å². The van der Waals surface area contributed by atoms with Crippen LogP contribution >= 0.6 is 0 Å². The maximum absolute atomic E-state index is 13.3. The highest BCUT2D eigenvalue weighted by atomic mass is 16.2. The molecule has 0 bridgehead atoms. The smallest absolute Gasteiger partial charge is 0.270 e. The quantitative estimate of drug-likeness (QED) is 0.528. The molecule has 0 saturated carbocycles. The van der Waals surface area contributed by atoms with E-state index in [1.807, 2.05) is 57.9 Å². The normalized spacial score (nSPS) is 16.4. The number of piperazine rings is 2. The van der Waals surface area contributed by atoms with E-state index in [4.69, 9.17) is 0 Å².